The normalized spacial score (nSPS) is 16.3. The van der Waals surface area contributed by atoms with Crippen LogP contribution in [0.4, 0.5) is 0 Å². The minimum absolute atomic E-state index is 0.169. The Labute approximate surface area is 110 Å². The molecule has 1 aromatic rings. The maximum atomic E-state index is 12.1. The number of hydrogen-bond donors (Lipinski definition) is 1. The van der Waals surface area contributed by atoms with Gasteiger partial charge in [-0.1, -0.05) is 30.3 Å². The van der Waals surface area contributed by atoms with E-state index in [4.69, 9.17) is 0 Å². The second kappa shape index (κ2) is 4.90. The third kappa shape index (κ3) is 2.15. The third-order valence-electron chi connectivity index (χ3n) is 3.25. The number of hydrogen-bond acceptors (Lipinski definition) is 4. The Hall–Kier alpha value is -2.07. The zero-order chi connectivity index (χ0) is 14.0. The Morgan fingerprint density at radius 1 is 1.21 bits per heavy atom. The van der Waals surface area contributed by atoms with Crippen molar-refractivity contribution < 1.29 is 19.5 Å². The van der Waals surface area contributed by atoms with Crippen molar-refractivity contribution in [2.75, 3.05) is 0 Å². The summed E-state index contributed by atoms with van der Waals surface area (Å²) in [5.41, 5.74) is -1.85. The predicted molar refractivity (Wildman–Crippen MR) is 69.1 cm³/mol. The van der Waals surface area contributed by atoms with Gasteiger partial charge in [0.2, 0.25) is 11.6 Å². The van der Waals surface area contributed by atoms with Gasteiger partial charge in [-0.3, -0.25) is 14.4 Å². The van der Waals surface area contributed by atoms with Crippen molar-refractivity contribution in [3.63, 3.8) is 0 Å². The van der Waals surface area contributed by atoms with Gasteiger partial charge < -0.3 is 5.11 Å². The second-order valence-corrected chi connectivity index (χ2v) is 4.61. The van der Waals surface area contributed by atoms with Crippen LogP contribution in [0.5, 0.6) is 0 Å². The molecule has 0 saturated carbocycles. The van der Waals surface area contributed by atoms with Crippen LogP contribution in [0.15, 0.2) is 36.9 Å². The van der Waals surface area contributed by atoms with Gasteiger partial charge in [0, 0.05) is 17.5 Å². The number of ketones is 3. The number of fused-ring (bicyclic) bond motifs is 1. The van der Waals surface area contributed by atoms with Crippen molar-refractivity contribution >= 4 is 17.3 Å². The molecule has 1 aromatic carbocycles. The molecule has 98 valence electrons. The average molecular weight is 258 g/mol. The van der Waals surface area contributed by atoms with Gasteiger partial charge in [0.1, 0.15) is 5.78 Å². The van der Waals surface area contributed by atoms with Crippen molar-refractivity contribution in [2.45, 2.75) is 24.9 Å². The van der Waals surface area contributed by atoms with Crippen LogP contribution < -0.4 is 0 Å². The first-order chi connectivity index (χ1) is 9.00. The molecule has 1 aliphatic carbocycles. The number of aliphatic hydroxyl groups is 1. The quantitative estimate of drug-likeness (QED) is 0.644. The van der Waals surface area contributed by atoms with Gasteiger partial charge in [-0.25, -0.2) is 0 Å². The molecule has 1 aliphatic rings. The number of allylic oxidation sites excluding steroid dienone is 1. The second-order valence-electron chi connectivity index (χ2n) is 4.61. The Bertz CT molecular complexity index is 536. The highest BCUT2D eigenvalue weighted by Crippen LogP contribution is 2.32. The van der Waals surface area contributed by atoms with Crippen LogP contribution >= 0.6 is 0 Å². The third-order valence-corrected chi connectivity index (χ3v) is 3.25. The average Bonchev–Trinajstić information content (AvgIpc) is 2.60. The smallest absolute Gasteiger partial charge is 0.203 e. The molecule has 0 aliphatic heterocycles. The van der Waals surface area contributed by atoms with E-state index in [0.717, 1.165) is 0 Å². The molecule has 0 unspecified atom stereocenters. The number of carbonyl (C=O) groups excluding carboxylic acids is 3. The summed E-state index contributed by atoms with van der Waals surface area (Å²) in [5, 5.41) is 10.3. The predicted octanol–water partition coefficient (Wildman–Crippen LogP) is 1.72. The molecule has 4 nitrogen and oxygen atoms in total. The van der Waals surface area contributed by atoms with E-state index >= 15 is 0 Å². The monoisotopic (exact) mass is 258 g/mol. The van der Waals surface area contributed by atoms with Crippen molar-refractivity contribution in [1.29, 1.82) is 0 Å². The van der Waals surface area contributed by atoms with E-state index < -0.39 is 23.6 Å². The number of Topliss-reactive ketones (excluding diaryl/α,β-unsaturated/α-hetero) is 3. The Morgan fingerprint density at radius 2 is 1.74 bits per heavy atom. The fourth-order valence-electron chi connectivity index (χ4n) is 2.23. The standard InChI is InChI=1S/C15H14O4/c1-2-3-6-10(16)9-15(19)13(17)11-7-4-5-8-12(11)14(15)18/h2,4-5,7-8,19H,1,3,6,9H2. The van der Waals surface area contributed by atoms with Gasteiger partial charge in [0.05, 0.1) is 6.42 Å². The van der Waals surface area contributed by atoms with Gasteiger partial charge >= 0.3 is 0 Å². The summed E-state index contributed by atoms with van der Waals surface area (Å²) in [7, 11) is 0. The van der Waals surface area contributed by atoms with Crippen LogP contribution in [0.1, 0.15) is 40.0 Å². The SMILES string of the molecule is C=CCCC(=O)CC1(O)C(=O)c2ccccc2C1=O. The summed E-state index contributed by atoms with van der Waals surface area (Å²) in [6.45, 7) is 3.50. The highest BCUT2D eigenvalue weighted by atomic mass is 16.3. The van der Waals surface area contributed by atoms with Crippen LogP contribution in [0, 0.1) is 0 Å². The van der Waals surface area contributed by atoms with E-state index in [0.29, 0.717) is 6.42 Å². The van der Waals surface area contributed by atoms with Crippen LogP contribution in [0.25, 0.3) is 0 Å². The summed E-state index contributed by atoms with van der Waals surface area (Å²) < 4.78 is 0. The van der Waals surface area contributed by atoms with Gasteiger partial charge in [0.15, 0.2) is 5.60 Å². The first kappa shape index (κ1) is 13.4. The van der Waals surface area contributed by atoms with E-state index in [1.807, 2.05) is 0 Å². The zero-order valence-corrected chi connectivity index (χ0v) is 10.4. The molecule has 2 rings (SSSR count). The van der Waals surface area contributed by atoms with E-state index in [-0.39, 0.29) is 23.3 Å². The van der Waals surface area contributed by atoms with Crippen LogP contribution in [0.3, 0.4) is 0 Å². The number of benzene rings is 1. The molecule has 0 atom stereocenters. The zero-order valence-electron chi connectivity index (χ0n) is 10.4. The molecule has 1 N–H and O–H groups in total. The summed E-state index contributed by atoms with van der Waals surface area (Å²) in [6.07, 6.45) is 1.75. The van der Waals surface area contributed by atoms with Crippen LogP contribution in [-0.4, -0.2) is 28.1 Å². The first-order valence-corrected chi connectivity index (χ1v) is 6.04. The van der Waals surface area contributed by atoms with Crippen molar-refractivity contribution in [3.8, 4) is 0 Å². The van der Waals surface area contributed by atoms with E-state index in [1.165, 1.54) is 12.1 Å². The van der Waals surface area contributed by atoms with Crippen molar-refractivity contribution in [1.82, 2.24) is 0 Å². The molecule has 0 radical (unpaired) electrons. The maximum Gasteiger partial charge on any atom is 0.203 e. The molecule has 0 saturated heterocycles. The largest absolute Gasteiger partial charge is 0.374 e. The molecular formula is C15H14O4. The highest BCUT2D eigenvalue weighted by Gasteiger charge is 2.52. The molecule has 0 amide bonds. The van der Waals surface area contributed by atoms with E-state index in [1.54, 1.807) is 18.2 Å². The summed E-state index contributed by atoms with van der Waals surface area (Å²) in [4.78, 5) is 35.9. The Balaban J connectivity index is 2.27. The van der Waals surface area contributed by atoms with Crippen LogP contribution in [-0.2, 0) is 4.79 Å². The summed E-state index contributed by atoms with van der Waals surface area (Å²) in [6, 6.07) is 6.22. The number of carbonyl (C=O) groups is 3. The lowest BCUT2D eigenvalue weighted by atomic mass is 9.90. The van der Waals surface area contributed by atoms with Crippen LogP contribution in [0.2, 0.25) is 0 Å². The lowest BCUT2D eigenvalue weighted by molar-refractivity contribution is -0.121. The molecule has 0 bridgehead atoms. The van der Waals surface area contributed by atoms with Gasteiger partial charge in [-0.15, -0.1) is 6.58 Å². The summed E-state index contributed by atoms with van der Waals surface area (Å²) in [5.74, 6) is -1.68. The maximum absolute atomic E-state index is 12.1. The first-order valence-electron chi connectivity index (χ1n) is 6.04. The molecule has 0 fully saturated rings. The minimum atomic E-state index is -2.22. The molecule has 4 heteroatoms. The molecular weight excluding hydrogens is 244 g/mol. The van der Waals surface area contributed by atoms with E-state index in [9.17, 15) is 19.5 Å². The highest BCUT2D eigenvalue weighted by molar-refractivity contribution is 6.32. The van der Waals surface area contributed by atoms with Gasteiger partial charge in [-0.05, 0) is 6.42 Å². The van der Waals surface area contributed by atoms with Gasteiger partial charge in [-0.2, -0.15) is 0 Å². The lowest BCUT2D eigenvalue weighted by Gasteiger charge is -2.17. The molecule has 0 heterocycles. The van der Waals surface area contributed by atoms with Gasteiger partial charge in [0.25, 0.3) is 0 Å². The molecule has 0 aromatic heterocycles. The lowest BCUT2D eigenvalue weighted by Crippen LogP contribution is -2.43. The summed E-state index contributed by atoms with van der Waals surface area (Å²) >= 11 is 0. The Kier molecular flexibility index (Phi) is 3.44. The molecule has 0 spiro atoms. The van der Waals surface area contributed by atoms with Crippen molar-refractivity contribution in [3.05, 3.63) is 48.0 Å². The number of rotatable bonds is 5. The fraction of sp³-hybridized carbons (Fsp3) is 0.267. The van der Waals surface area contributed by atoms with E-state index in [2.05, 4.69) is 6.58 Å². The van der Waals surface area contributed by atoms with Crippen molar-refractivity contribution in [2.24, 2.45) is 0 Å². The minimum Gasteiger partial charge on any atom is -0.374 e. The molecule has 19 heavy (non-hydrogen) atoms. The topological polar surface area (TPSA) is 71.4 Å². The fourth-order valence-corrected chi connectivity index (χ4v) is 2.23. The Morgan fingerprint density at radius 3 is 2.21 bits per heavy atom.